The molecule has 0 atom stereocenters. The van der Waals surface area contributed by atoms with Crippen LogP contribution in [0.15, 0.2) is 48.5 Å². The Bertz CT molecular complexity index is 773. The van der Waals surface area contributed by atoms with Gasteiger partial charge in [0, 0.05) is 12.6 Å². The van der Waals surface area contributed by atoms with Crippen LogP contribution in [0.4, 0.5) is 5.69 Å². The summed E-state index contributed by atoms with van der Waals surface area (Å²) in [5, 5.41) is 12.0. The Labute approximate surface area is 143 Å². The van der Waals surface area contributed by atoms with Crippen LogP contribution >= 0.6 is 0 Å². The zero-order valence-electron chi connectivity index (χ0n) is 13.4. The van der Waals surface area contributed by atoms with Gasteiger partial charge < -0.3 is 14.9 Å². The van der Waals surface area contributed by atoms with Gasteiger partial charge in [-0.15, -0.1) is 10.1 Å². The minimum atomic E-state index is -0.838. The van der Waals surface area contributed by atoms with Crippen molar-refractivity contribution in [2.45, 2.75) is 13.3 Å². The second-order valence-electron chi connectivity index (χ2n) is 5.05. The molecule has 0 saturated heterocycles. The Kier molecular flexibility index (Phi) is 6.05. The van der Waals surface area contributed by atoms with Gasteiger partial charge in [-0.05, 0) is 36.2 Å². The van der Waals surface area contributed by atoms with Crippen molar-refractivity contribution in [3.05, 3.63) is 69.8 Å². The number of nitrogens with zero attached hydrogens (tertiary/aromatic N) is 1. The highest BCUT2D eigenvalue weighted by atomic mass is 16.9. The molecular formula is C17H16N2O6. The number of benzene rings is 2. The topological polar surface area (TPSA) is 108 Å². The maximum atomic E-state index is 12.4. The summed E-state index contributed by atoms with van der Waals surface area (Å²) in [5.41, 5.74) is 1.61. The molecule has 8 heteroatoms. The third-order valence-electron chi connectivity index (χ3n) is 3.18. The van der Waals surface area contributed by atoms with Crippen molar-refractivity contribution in [1.29, 1.82) is 0 Å². The Hall–Kier alpha value is -3.42. The van der Waals surface area contributed by atoms with E-state index < -0.39 is 17.0 Å². The van der Waals surface area contributed by atoms with Crippen LogP contribution in [0.3, 0.4) is 0 Å². The first-order valence-electron chi connectivity index (χ1n) is 7.41. The fourth-order valence-electron chi connectivity index (χ4n) is 2.09. The summed E-state index contributed by atoms with van der Waals surface area (Å²) in [7, 11) is 0. The van der Waals surface area contributed by atoms with Crippen molar-refractivity contribution in [2.24, 2.45) is 0 Å². The quantitative estimate of drug-likeness (QED) is 0.358. The zero-order chi connectivity index (χ0) is 18.2. The van der Waals surface area contributed by atoms with Crippen LogP contribution in [0, 0.1) is 10.1 Å². The molecule has 8 nitrogen and oxygen atoms in total. The van der Waals surface area contributed by atoms with Crippen LogP contribution in [-0.2, 0) is 16.1 Å². The summed E-state index contributed by atoms with van der Waals surface area (Å²) in [5.74, 6) is -0.746. The van der Waals surface area contributed by atoms with Gasteiger partial charge in [-0.2, -0.15) is 0 Å². The molecule has 25 heavy (non-hydrogen) atoms. The SMILES string of the molecule is CC(=O)Oc1ccccc1C(=O)Nc1ccc(CCO[N+](=O)[O-])cc1. The Balaban J connectivity index is 2.01. The number of rotatable bonds is 7. The maximum Gasteiger partial charge on any atom is 0.308 e. The molecule has 0 aromatic heterocycles. The molecule has 0 aliphatic rings. The lowest BCUT2D eigenvalue weighted by Crippen LogP contribution is -2.14. The van der Waals surface area contributed by atoms with Crippen LogP contribution in [0.5, 0.6) is 5.75 Å². The van der Waals surface area contributed by atoms with Gasteiger partial charge in [0.15, 0.2) is 0 Å². The molecule has 2 rings (SSSR count). The van der Waals surface area contributed by atoms with E-state index in [9.17, 15) is 19.7 Å². The lowest BCUT2D eigenvalue weighted by Gasteiger charge is -2.10. The summed E-state index contributed by atoms with van der Waals surface area (Å²) < 4.78 is 5.02. The molecule has 0 heterocycles. The van der Waals surface area contributed by atoms with E-state index in [1.807, 2.05) is 0 Å². The van der Waals surface area contributed by atoms with Gasteiger partial charge in [0.05, 0.1) is 5.56 Å². The molecule has 0 aliphatic heterocycles. The van der Waals surface area contributed by atoms with Crippen molar-refractivity contribution >= 4 is 17.6 Å². The molecule has 0 spiro atoms. The molecule has 130 valence electrons. The molecule has 2 aromatic carbocycles. The van der Waals surface area contributed by atoms with Gasteiger partial charge in [0.25, 0.3) is 11.0 Å². The number of hydrogen-bond acceptors (Lipinski definition) is 6. The predicted octanol–water partition coefficient (Wildman–Crippen LogP) is 2.62. The number of nitrogens with one attached hydrogen (secondary N) is 1. The van der Waals surface area contributed by atoms with Crippen LogP contribution in [-0.4, -0.2) is 23.6 Å². The van der Waals surface area contributed by atoms with Crippen LogP contribution in [0.2, 0.25) is 0 Å². The largest absolute Gasteiger partial charge is 0.426 e. The van der Waals surface area contributed by atoms with Crippen molar-refractivity contribution < 1.29 is 24.3 Å². The summed E-state index contributed by atoms with van der Waals surface area (Å²) in [6, 6.07) is 13.2. The van der Waals surface area contributed by atoms with Crippen molar-refractivity contribution in [3.8, 4) is 5.75 Å². The minimum absolute atomic E-state index is 0.0333. The van der Waals surface area contributed by atoms with E-state index in [0.717, 1.165) is 5.56 Å². The normalized spacial score (nSPS) is 9.96. The fourth-order valence-corrected chi connectivity index (χ4v) is 2.09. The average Bonchev–Trinajstić information content (AvgIpc) is 2.56. The Morgan fingerprint density at radius 3 is 2.44 bits per heavy atom. The molecule has 0 aliphatic carbocycles. The summed E-state index contributed by atoms with van der Waals surface area (Å²) in [6.45, 7) is 1.23. The average molecular weight is 344 g/mol. The number of hydrogen-bond donors (Lipinski definition) is 1. The van der Waals surface area contributed by atoms with Gasteiger partial charge >= 0.3 is 5.97 Å². The summed E-state index contributed by atoms with van der Waals surface area (Å²) in [6.07, 6.45) is 0.379. The molecule has 0 radical (unpaired) electrons. The van der Waals surface area contributed by atoms with Gasteiger partial charge in [-0.1, -0.05) is 24.3 Å². The van der Waals surface area contributed by atoms with Gasteiger partial charge in [0.2, 0.25) is 0 Å². The highest BCUT2D eigenvalue weighted by Crippen LogP contribution is 2.20. The second kappa shape index (κ2) is 8.44. The monoisotopic (exact) mass is 344 g/mol. The number of amides is 1. The smallest absolute Gasteiger partial charge is 0.308 e. The molecule has 2 aromatic rings. The number of para-hydroxylation sites is 1. The van der Waals surface area contributed by atoms with Crippen molar-refractivity contribution in [3.63, 3.8) is 0 Å². The lowest BCUT2D eigenvalue weighted by molar-refractivity contribution is -0.757. The van der Waals surface area contributed by atoms with E-state index in [0.29, 0.717) is 12.1 Å². The third kappa shape index (κ3) is 5.61. The number of carbonyl (C=O) groups is 2. The van der Waals surface area contributed by atoms with E-state index >= 15 is 0 Å². The molecule has 0 unspecified atom stereocenters. The summed E-state index contributed by atoms with van der Waals surface area (Å²) in [4.78, 5) is 37.8. The first-order chi connectivity index (χ1) is 12.0. The highest BCUT2D eigenvalue weighted by molar-refractivity contribution is 6.06. The number of carbonyl (C=O) groups excluding carboxylic acids is 2. The molecule has 0 fully saturated rings. The van der Waals surface area contributed by atoms with E-state index in [4.69, 9.17) is 4.74 Å². The number of esters is 1. The Morgan fingerprint density at radius 1 is 1.12 bits per heavy atom. The van der Waals surface area contributed by atoms with Gasteiger partial charge in [-0.3, -0.25) is 9.59 Å². The maximum absolute atomic E-state index is 12.4. The van der Waals surface area contributed by atoms with Crippen molar-refractivity contribution in [2.75, 3.05) is 11.9 Å². The van der Waals surface area contributed by atoms with Gasteiger partial charge in [0.1, 0.15) is 12.4 Å². The van der Waals surface area contributed by atoms with Crippen LogP contribution in [0.25, 0.3) is 0 Å². The van der Waals surface area contributed by atoms with E-state index in [-0.39, 0.29) is 17.9 Å². The first-order valence-corrected chi connectivity index (χ1v) is 7.41. The highest BCUT2D eigenvalue weighted by Gasteiger charge is 2.13. The minimum Gasteiger partial charge on any atom is -0.426 e. The second-order valence-corrected chi connectivity index (χ2v) is 5.05. The first kappa shape index (κ1) is 17.9. The van der Waals surface area contributed by atoms with Crippen LogP contribution < -0.4 is 10.1 Å². The van der Waals surface area contributed by atoms with E-state index in [1.165, 1.54) is 13.0 Å². The molecule has 1 N–H and O–H groups in total. The number of ether oxygens (including phenoxy) is 1. The predicted molar refractivity (Wildman–Crippen MR) is 88.8 cm³/mol. The Morgan fingerprint density at radius 2 is 1.80 bits per heavy atom. The molecule has 0 bridgehead atoms. The zero-order valence-corrected chi connectivity index (χ0v) is 13.4. The molecule has 1 amide bonds. The number of anilines is 1. The van der Waals surface area contributed by atoms with E-state index in [1.54, 1.807) is 42.5 Å². The molecular weight excluding hydrogens is 328 g/mol. The lowest BCUT2D eigenvalue weighted by atomic mass is 10.1. The third-order valence-corrected chi connectivity index (χ3v) is 3.18. The van der Waals surface area contributed by atoms with Crippen LogP contribution in [0.1, 0.15) is 22.8 Å². The molecule has 0 saturated carbocycles. The van der Waals surface area contributed by atoms with Crippen molar-refractivity contribution in [1.82, 2.24) is 0 Å². The summed E-state index contributed by atoms with van der Waals surface area (Å²) >= 11 is 0. The fraction of sp³-hybridized carbons (Fsp3) is 0.176. The van der Waals surface area contributed by atoms with E-state index in [2.05, 4.69) is 10.2 Å². The van der Waals surface area contributed by atoms with Gasteiger partial charge in [-0.25, -0.2) is 0 Å². The standard InChI is InChI=1S/C17H16N2O6/c1-12(20)25-16-5-3-2-4-15(16)17(21)18-14-8-6-13(7-9-14)10-11-24-19(22)23/h2-9H,10-11H2,1H3,(H,18,21).